The quantitative estimate of drug-likeness (QED) is 0.341. The number of hydrogen-bond acceptors (Lipinski definition) is 2. The molecule has 1 aromatic carbocycles. The van der Waals surface area contributed by atoms with E-state index in [1.54, 1.807) is 0 Å². The van der Waals surface area contributed by atoms with Gasteiger partial charge in [0.05, 0.1) is 5.71 Å². The first-order chi connectivity index (χ1) is 9.24. The van der Waals surface area contributed by atoms with Gasteiger partial charge in [0.1, 0.15) is 6.61 Å². The molecule has 0 radical (unpaired) electrons. The van der Waals surface area contributed by atoms with Crippen LogP contribution in [-0.2, 0) is 11.4 Å². The Labute approximate surface area is 117 Å². The maximum absolute atomic E-state index is 5.42. The molecule has 0 heterocycles. The van der Waals surface area contributed by atoms with Crippen LogP contribution in [0.15, 0.2) is 35.5 Å². The summed E-state index contributed by atoms with van der Waals surface area (Å²) < 4.78 is 0. The molecule has 1 atom stereocenters. The lowest BCUT2D eigenvalue weighted by molar-refractivity contribution is 0.128. The molecule has 0 amide bonds. The van der Waals surface area contributed by atoms with Crippen LogP contribution in [0, 0.1) is 5.92 Å². The first-order valence-electron chi connectivity index (χ1n) is 7.44. The number of oxime groups is 1. The topological polar surface area (TPSA) is 21.6 Å². The molecule has 0 aliphatic heterocycles. The van der Waals surface area contributed by atoms with Gasteiger partial charge in [0.25, 0.3) is 0 Å². The molecule has 0 spiro atoms. The lowest BCUT2D eigenvalue weighted by Gasteiger charge is -2.10. The summed E-state index contributed by atoms with van der Waals surface area (Å²) in [7, 11) is 0. The summed E-state index contributed by atoms with van der Waals surface area (Å²) in [6.45, 7) is 7.10. The molecule has 0 saturated carbocycles. The summed E-state index contributed by atoms with van der Waals surface area (Å²) in [6, 6.07) is 10.2. The fourth-order valence-electron chi connectivity index (χ4n) is 1.96. The van der Waals surface area contributed by atoms with Crippen LogP contribution >= 0.6 is 0 Å². The minimum absolute atomic E-state index is 0.521. The number of rotatable bonds is 9. The molecule has 0 fully saturated rings. The number of unbranched alkanes of at least 4 members (excludes halogenated alkanes) is 3. The van der Waals surface area contributed by atoms with Crippen molar-refractivity contribution in [1.29, 1.82) is 0 Å². The fourth-order valence-corrected chi connectivity index (χ4v) is 1.96. The van der Waals surface area contributed by atoms with Gasteiger partial charge >= 0.3 is 0 Å². The lowest BCUT2D eigenvalue weighted by atomic mass is 9.99. The highest BCUT2D eigenvalue weighted by atomic mass is 16.6. The number of nitrogens with zero attached hydrogens (tertiary/aromatic N) is 1. The van der Waals surface area contributed by atoms with Crippen LogP contribution in [0.1, 0.15) is 58.4 Å². The Morgan fingerprint density at radius 3 is 2.58 bits per heavy atom. The summed E-state index contributed by atoms with van der Waals surface area (Å²) in [5.41, 5.74) is 2.27. The van der Waals surface area contributed by atoms with Crippen LogP contribution < -0.4 is 0 Å². The summed E-state index contributed by atoms with van der Waals surface area (Å²) in [5.74, 6) is 0.521. The molecule has 0 aliphatic rings. The van der Waals surface area contributed by atoms with Gasteiger partial charge in [0.2, 0.25) is 0 Å². The highest BCUT2D eigenvalue weighted by Gasteiger charge is 2.06. The third kappa shape index (κ3) is 7.00. The van der Waals surface area contributed by atoms with Crippen LogP contribution in [0.4, 0.5) is 0 Å². The largest absolute Gasteiger partial charge is 0.391 e. The molecule has 0 bridgehead atoms. The minimum Gasteiger partial charge on any atom is -0.391 e. The Morgan fingerprint density at radius 2 is 1.89 bits per heavy atom. The predicted molar refractivity (Wildman–Crippen MR) is 82.3 cm³/mol. The second-order valence-corrected chi connectivity index (χ2v) is 5.24. The minimum atomic E-state index is 0.521. The monoisotopic (exact) mass is 261 g/mol. The van der Waals surface area contributed by atoms with Gasteiger partial charge in [-0.2, -0.15) is 0 Å². The standard InChI is InChI=1S/C17H27NO/c1-4-5-6-8-11-15(2)16(3)18-19-14-17-12-9-7-10-13-17/h7,9-10,12-13,15H,4-6,8,11,14H2,1-3H3/b18-16+. The molecule has 2 heteroatoms. The normalized spacial score (nSPS) is 13.3. The molecule has 106 valence electrons. The maximum atomic E-state index is 5.42. The van der Waals surface area contributed by atoms with Crippen molar-refractivity contribution in [3.8, 4) is 0 Å². The van der Waals surface area contributed by atoms with E-state index in [1.165, 1.54) is 32.1 Å². The molecular formula is C17H27NO. The second-order valence-electron chi connectivity index (χ2n) is 5.24. The zero-order valence-electron chi connectivity index (χ0n) is 12.6. The molecule has 0 N–H and O–H groups in total. The molecule has 2 nitrogen and oxygen atoms in total. The van der Waals surface area contributed by atoms with Crippen LogP contribution in [-0.4, -0.2) is 5.71 Å². The summed E-state index contributed by atoms with van der Waals surface area (Å²) in [5, 5.41) is 4.23. The zero-order valence-corrected chi connectivity index (χ0v) is 12.6. The molecule has 1 rings (SSSR count). The van der Waals surface area contributed by atoms with E-state index in [9.17, 15) is 0 Å². The highest BCUT2D eigenvalue weighted by Crippen LogP contribution is 2.12. The average Bonchev–Trinajstić information content (AvgIpc) is 2.44. The molecule has 1 unspecified atom stereocenters. The Hall–Kier alpha value is -1.31. The Balaban J connectivity index is 2.23. The lowest BCUT2D eigenvalue weighted by Crippen LogP contribution is -2.07. The van der Waals surface area contributed by atoms with Crippen molar-refractivity contribution < 1.29 is 4.84 Å². The molecule has 0 saturated heterocycles. The Bertz CT molecular complexity index is 359. The first kappa shape index (κ1) is 15.7. The van der Waals surface area contributed by atoms with Crippen molar-refractivity contribution >= 4 is 5.71 Å². The van der Waals surface area contributed by atoms with Crippen LogP contribution in [0.2, 0.25) is 0 Å². The van der Waals surface area contributed by atoms with E-state index in [0.717, 1.165) is 11.3 Å². The van der Waals surface area contributed by atoms with Crippen molar-refractivity contribution in [3.05, 3.63) is 35.9 Å². The van der Waals surface area contributed by atoms with Crippen molar-refractivity contribution in [2.24, 2.45) is 11.1 Å². The van der Waals surface area contributed by atoms with E-state index in [2.05, 4.69) is 38.1 Å². The average molecular weight is 261 g/mol. The van der Waals surface area contributed by atoms with E-state index in [0.29, 0.717) is 12.5 Å². The van der Waals surface area contributed by atoms with Crippen LogP contribution in [0.25, 0.3) is 0 Å². The van der Waals surface area contributed by atoms with Crippen LogP contribution in [0.5, 0.6) is 0 Å². The first-order valence-corrected chi connectivity index (χ1v) is 7.44. The smallest absolute Gasteiger partial charge is 0.142 e. The summed E-state index contributed by atoms with van der Waals surface area (Å²) in [6.07, 6.45) is 6.47. The molecule has 0 aliphatic carbocycles. The van der Waals surface area contributed by atoms with Gasteiger partial charge in [-0.1, -0.05) is 75.0 Å². The Kier molecular flexibility index (Phi) is 7.95. The van der Waals surface area contributed by atoms with Gasteiger partial charge in [-0.05, 0) is 24.8 Å². The summed E-state index contributed by atoms with van der Waals surface area (Å²) >= 11 is 0. The van der Waals surface area contributed by atoms with E-state index in [-0.39, 0.29) is 0 Å². The number of hydrogen-bond donors (Lipinski definition) is 0. The van der Waals surface area contributed by atoms with Crippen molar-refractivity contribution in [1.82, 2.24) is 0 Å². The van der Waals surface area contributed by atoms with Crippen LogP contribution in [0.3, 0.4) is 0 Å². The predicted octanol–water partition coefficient (Wildman–Crippen LogP) is 5.19. The van der Waals surface area contributed by atoms with E-state index in [1.807, 2.05) is 18.2 Å². The van der Waals surface area contributed by atoms with E-state index in [4.69, 9.17) is 4.84 Å². The van der Waals surface area contributed by atoms with E-state index >= 15 is 0 Å². The van der Waals surface area contributed by atoms with Crippen molar-refractivity contribution in [2.45, 2.75) is 59.5 Å². The highest BCUT2D eigenvalue weighted by molar-refractivity contribution is 5.83. The van der Waals surface area contributed by atoms with E-state index < -0.39 is 0 Å². The third-order valence-electron chi connectivity index (χ3n) is 3.49. The molecular weight excluding hydrogens is 234 g/mol. The van der Waals surface area contributed by atoms with Gasteiger partial charge in [-0.25, -0.2) is 0 Å². The van der Waals surface area contributed by atoms with Gasteiger partial charge in [-0.3, -0.25) is 0 Å². The molecule has 19 heavy (non-hydrogen) atoms. The molecule has 1 aromatic rings. The maximum Gasteiger partial charge on any atom is 0.142 e. The van der Waals surface area contributed by atoms with Gasteiger partial charge in [0.15, 0.2) is 0 Å². The third-order valence-corrected chi connectivity index (χ3v) is 3.49. The molecule has 0 aromatic heterocycles. The van der Waals surface area contributed by atoms with Gasteiger partial charge in [0, 0.05) is 0 Å². The van der Waals surface area contributed by atoms with Crippen molar-refractivity contribution in [2.75, 3.05) is 0 Å². The van der Waals surface area contributed by atoms with Crippen molar-refractivity contribution in [3.63, 3.8) is 0 Å². The zero-order chi connectivity index (χ0) is 13.9. The van der Waals surface area contributed by atoms with Gasteiger partial charge < -0.3 is 4.84 Å². The number of benzene rings is 1. The Morgan fingerprint density at radius 1 is 1.16 bits per heavy atom. The van der Waals surface area contributed by atoms with Gasteiger partial charge in [-0.15, -0.1) is 0 Å². The fraction of sp³-hybridized carbons (Fsp3) is 0.588. The summed E-state index contributed by atoms with van der Waals surface area (Å²) in [4.78, 5) is 5.42. The second kappa shape index (κ2) is 9.60. The SMILES string of the molecule is CCCCCCC(C)/C(C)=N/OCc1ccccc1.